The van der Waals surface area contributed by atoms with Gasteiger partial charge in [-0.3, -0.25) is 4.79 Å². The molecule has 1 aliphatic rings. The summed E-state index contributed by atoms with van der Waals surface area (Å²) in [5, 5.41) is 3.36. The number of aromatic nitrogens is 1. The molecule has 1 aliphatic heterocycles. The molecule has 1 aromatic heterocycles. The first-order valence-corrected chi connectivity index (χ1v) is 6.64. The standard InChI is InChI=1S/C13H18ClN3O/c1-17-7-3-2-4-11(17)9-16-13(18)10-5-6-12(14)15-8-10/h5-6,8,11H,2-4,7,9H2,1H3,(H,16,18). The molecule has 1 saturated heterocycles. The van der Waals surface area contributed by atoms with E-state index in [9.17, 15) is 4.79 Å². The van der Waals surface area contributed by atoms with Crippen LogP contribution in [0.2, 0.25) is 5.15 Å². The van der Waals surface area contributed by atoms with Crippen molar-refractivity contribution in [2.75, 3.05) is 20.1 Å². The molecule has 2 rings (SSSR count). The number of carbonyl (C=O) groups is 1. The van der Waals surface area contributed by atoms with Crippen LogP contribution >= 0.6 is 11.6 Å². The van der Waals surface area contributed by atoms with E-state index in [1.165, 1.54) is 19.0 Å². The van der Waals surface area contributed by atoms with Crippen molar-refractivity contribution >= 4 is 17.5 Å². The third kappa shape index (κ3) is 3.43. The van der Waals surface area contributed by atoms with Gasteiger partial charge in [0, 0.05) is 18.8 Å². The summed E-state index contributed by atoms with van der Waals surface area (Å²) >= 11 is 5.68. The average Bonchev–Trinajstić information content (AvgIpc) is 2.38. The van der Waals surface area contributed by atoms with Crippen molar-refractivity contribution in [3.05, 3.63) is 29.0 Å². The van der Waals surface area contributed by atoms with Crippen LogP contribution in [0.5, 0.6) is 0 Å². The van der Waals surface area contributed by atoms with Crippen molar-refractivity contribution in [3.63, 3.8) is 0 Å². The summed E-state index contributed by atoms with van der Waals surface area (Å²) in [4.78, 5) is 18.1. The Kier molecular flexibility index (Phi) is 4.55. The van der Waals surface area contributed by atoms with Gasteiger partial charge in [-0.2, -0.15) is 0 Å². The summed E-state index contributed by atoms with van der Waals surface area (Å²) in [5.74, 6) is -0.0851. The molecule has 0 saturated carbocycles. The molecular formula is C13H18ClN3O. The highest BCUT2D eigenvalue weighted by Gasteiger charge is 2.19. The van der Waals surface area contributed by atoms with Gasteiger partial charge in [-0.25, -0.2) is 4.98 Å². The first-order chi connectivity index (χ1) is 8.66. The smallest absolute Gasteiger partial charge is 0.252 e. The van der Waals surface area contributed by atoms with Gasteiger partial charge < -0.3 is 10.2 Å². The van der Waals surface area contributed by atoms with Crippen molar-refractivity contribution < 1.29 is 4.79 Å². The number of likely N-dealkylation sites (tertiary alicyclic amines) is 1. The molecule has 0 aliphatic carbocycles. The van der Waals surface area contributed by atoms with E-state index in [2.05, 4.69) is 22.2 Å². The fraction of sp³-hybridized carbons (Fsp3) is 0.538. The third-order valence-corrected chi connectivity index (χ3v) is 3.63. The van der Waals surface area contributed by atoms with Crippen LogP contribution in [0.1, 0.15) is 29.6 Å². The molecular weight excluding hydrogens is 250 g/mol. The second-order valence-electron chi connectivity index (χ2n) is 4.71. The molecule has 0 bridgehead atoms. The number of amides is 1. The van der Waals surface area contributed by atoms with Crippen LogP contribution in [0.25, 0.3) is 0 Å². The fourth-order valence-electron chi connectivity index (χ4n) is 2.22. The van der Waals surface area contributed by atoms with Gasteiger partial charge in [-0.1, -0.05) is 18.0 Å². The topological polar surface area (TPSA) is 45.2 Å². The molecule has 1 atom stereocenters. The van der Waals surface area contributed by atoms with Gasteiger partial charge in [0.1, 0.15) is 5.15 Å². The third-order valence-electron chi connectivity index (χ3n) is 3.41. The monoisotopic (exact) mass is 267 g/mol. The lowest BCUT2D eigenvalue weighted by Gasteiger charge is -2.32. The van der Waals surface area contributed by atoms with E-state index in [1.54, 1.807) is 12.1 Å². The summed E-state index contributed by atoms with van der Waals surface area (Å²) in [7, 11) is 2.11. The number of carbonyl (C=O) groups excluding carboxylic acids is 1. The Hall–Kier alpha value is -1.13. The lowest BCUT2D eigenvalue weighted by molar-refractivity contribution is 0.0928. The molecule has 1 amide bonds. The van der Waals surface area contributed by atoms with Crippen molar-refractivity contribution in [2.45, 2.75) is 25.3 Å². The number of pyridine rings is 1. The van der Waals surface area contributed by atoms with Crippen LogP contribution in [0.4, 0.5) is 0 Å². The van der Waals surface area contributed by atoms with E-state index >= 15 is 0 Å². The number of nitrogens with one attached hydrogen (secondary N) is 1. The molecule has 0 spiro atoms. The summed E-state index contributed by atoms with van der Waals surface area (Å²) in [5.41, 5.74) is 0.554. The number of halogens is 1. The van der Waals surface area contributed by atoms with E-state index in [-0.39, 0.29) is 5.91 Å². The Bertz CT molecular complexity index is 407. The van der Waals surface area contributed by atoms with Crippen molar-refractivity contribution in [3.8, 4) is 0 Å². The number of hydrogen-bond donors (Lipinski definition) is 1. The fourth-order valence-corrected chi connectivity index (χ4v) is 2.34. The lowest BCUT2D eigenvalue weighted by Crippen LogP contribution is -2.44. The summed E-state index contributed by atoms with van der Waals surface area (Å²) in [6.45, 7) is 1.81. The van der Waals surface area contributed by atoms with E-state index < -0.39 is 0 Å². The lowest BCUT2D eigenvalue weighted by atomic mass is 10.0. The SMILES string of the molecule is CN1CCCCC1CNC(=O)c1ccc(Cl)nc1. The van der Waals surface area contributed by atoms with Crippen LogP contribution in [0.3, 0.4) is 0 Å². The molecule has 98 valence electrons. The zero-order chi connectivity index (χ0) is 13.0. The molecule has 2 heterocycles. The molecule has 4 nitrogen and oxygen atoms in total. The number of hydrogen-bond acceptors (Lipinski definition) is 3. The first kappa shape index (κ1) is 13.3. The number of piperidine rings is 1. The molecule has 5 heteroatoms. The van der Waals surface area contributed by atoms with Gasteiger partial charge in [0.15, 0.2) is 0 Å². The van der Waals surface area contributed by atoms with Crippen LogP contribution in [-0.4, -0.2) is 42.0 Å². The van der Waals surface area contributed by atoms with Crippen LogP contribution in [0, 0.1) is 0 Å². The predicted molar refractivity (Wildman–Crippen MR) is 71.8 cm³/mol. The van der Waals surface area contributed by atoms with Gasteiger partial charge in [0.2, 0.25) is 0 Å². The molecule has 1 aromatic rings. The number of nitrogens with zero attached hydrogens (tertiary/aromatic N) is 2. The molecule has 1 fully saturated rings. The molecule has 1 unspecified atom stereocenters. The van der Waals surface area contributed by atoms with Gasteiger partial charge in [0.25, 0.3) is 5.91 Å². The van der Waals surface area contributed by atoms with E-state index in [0.29, 0.717) is 23.3 Å². The van der Waals surface area contributed by atoms with Crippen molar-refractivity contribution in [1.29, 1.82) is 0 Å². The van der Waals surface area contributed by atoms with Gasteiger partial charge in [-0.05, 0) is 38.6 Å². The minimum Gasteiger partial charge on any atom is -0.350 e. The van der Waals surface area contributed by atoms with Crippen LogP contribution < -0.4 is 5.32 Å². The highest BCUT2D eigenvalue weighted by atomic mass is 35.5. The largest absolute Gasteiger partial charge is 0.350 e. The Balaban J connectivity index is 1.86. The molecule has 1 N–H and O–H groups in total. The van der Waals surface area contributed by atoms with Gasteiger partial charge in [0.05, 0.1) is 5.56 Å². The quantitative estimate of drug-likeness (QED) is 0.852. The van der Waals surface area contributed by atoms with E-state index in [0.717, 1.165) is 13.0 Å². The number of likely N-dealkylation sites (N-methyl/N-ethyl adjacent to an activating group) is 1. The Morgan fingerprint density at radius 2 is 2.39 bits per heavy atom. The van der Waals surface area contributed by atoms with Crippen molar-refractivity contribution in [1.82, 2.24) is 15.2 Å². The average molecular weight is 268 g/mol. The highest BCUT2D eigenvalue weighted by Crippen LogP contribution is 2.14. The Labute approximate surface area is 112 Å². The summed E-state index contributed by atoms with van der Waals surface area (Å²) in [6.07, 6.45) is 5.15. The second kappa shape index (κ2) is 6.16. The van der Waals surface area contributed by atoms with Crippen LogP contribution in [-0.2, 0) is 0 Å². The molecule has 18 heavy (non-hydrogen) atoms. The highest BCUT2D eigenvalue weighted by molar-refractivity contribution is 6.29. The van der Waals surface area contributed by atoms with Gasteiger partial charge in [-0.15, -0.1) is 0 Å². The summed E-state index contributed by atoms with van der Waals surface area (Å²) < 4.78 is 0. The minimum atomic E-state index is -0.0851. The van der Waals surface area contributed by atoms with Crippen molar-refractivity contribution in [2.24, 2.45) is 0 Å². The first-order valence-electron chi connectivity index (χ1n) is 6.27. The Morgan fingerprint density at radius 1 is 1.56 bits per heavy atom. The maximum atomic E-state index is 11.9. The Morgan fingerprint density at radius 3 is 3.06 bits per heavy atom. The van der Waals surface area contributed by atoms with Crippen LogP contribution in [0.15, 0.2) is 18.3 Å². The summed E-state index contributed by atoms with van der Waals surface area (Å²) in [6, 6.07) is 3.77. The maximum absolute atomic E-state index is 11.9. The number of rotatable bonds is 3. The second-order valence-corrected chi connectivity index (χ2v) is 5.10. The predicted octanol–water partition coefficient (Wildman–Crippen LogP) is 1.95. The van der Waals surface area contributed by atoms with E-state index in [1.807, 2.05) is 0 Å². The zero-order valence-corrected chi connectivity index (χ0v) is 11.3. The van der Waals surface area contributed by atoms with Gasteiger partial charge >= 0.3 is 0 Å². The molecule has 0 radical (unpaired) electrons. The maximum Gasteiger partial charge on any atom is 0.252 e. The van der Waals surface area contributed by atoms with E-state index in [4.69, 9.17) is 11.6 Å². The zero-order valence-electron chi connectivity index (χ0n) is 10.5. The normalized spacial score (nSPS) is 20.7. The minimum absolute atomic E-state index is 0.0851. The molecule has 0 aromatic carbocycles.